The molecule has 136 valence electrons. The van der Waals surface area contributed by atoms with Crippen LogP contribution in [0.5, 0.6) is 0 Å². The Hall–Kier alpha value is -3.94. The van der Waals surface area contributed by atoms with Crippen LogP contribution >= 0.6 is 0 Å². The molecular formula is C20H14N6O2. The van der Waals surface area contributed by atoms with Gasteiger partial charge in [0.2, 0.25) is 18.0 Å². The van der Waals surface area contributed by atoms with Gasteiger partial charge in [0.05, 0.1) is 17.1 Å². The lowest BCUT2D eigenvalue weighted by Gasteiger charge is -2.25. The summed E-state index contributed by atoms with van der Waals surface area (Å²) in [5.41, 5.74) is 2.51. The Morgan fingerprint density at radius 2 is 1.61 bits per heavy atom. The average Bonchev–Trinajstić information content (AvgIpc) is 3.20. The number of hydrogen-bond donors (Lipinski definition) is 1. The predicted molar refractivity (Wildman–Crippen MR) is 103 cm³/mol. The van der Waals surface area contributed by atoms with E-state index in [0.717, 1.165) is 10.8 Å². The Kier molecular flexibility index (Phi) is 3.68. The van der Waals surface area contributed by atoms with E-state index in [0.29, 0.717) is 22.6 Å². The molecule has 0 radical (unpaired) electrons. The number of nitrogens with one attached hydrogen (secondary N) is 1. The molecular weight excluding hydrogens is 356 g/mol. The second kappa shape index (κ2) is 6.34. The zero-order valence-corrected chi connectivity index (χ0v) is 14.6. The summed E-state index contributed by atoms with van der Waals surface area (Å²) in [6.45, 7) is 0. The van der Waals surface area contributed by atoms with E-state index in [2.05, 4.69) is 26.0 Å². The van der Waals surface area contributed by atoms with Gasteiger partial charge in [0.15, 0.2) is 0 Å². The molecule has 0 aliphatic carbocycles. The van der Waals surface area contributed by atoms with Crippen molar-refractivity contribution in [2.24, 2.45) is 20.7 Å². The highest BCUT2D eigenvalue weighted by Crippen LogP contribution is 2.42. The Morgan fingerprint density at radius 3 is 2.46 bits per heavy atom. The molecule has 2 aliphatic heterocycles. The van der Waals surface area contributed by atoms with Gasteiger partial charge in [-0.05, 0) is 28.0 Å². The minimum absolute atomic E-state index is 0.259. The summed E-state index contributed by atoms with van der Waals surface area (Å²) >= 11 is 0. The number of anilines is 3. The molecule has 3 aromatic rings. The first-order valence-electron chi connectivity index (χ1n) is 8.76. The van der Waals surface area contributed by atoms with E-state index >= 15 is 0 Å². The first-order valence-corrected chi connectivity index (χ1v) is 8.76. The van der Waals surface area contributed by atoms with Crippen LogP contribution in [0.15, 0.2) is 81.3 Å². The van der Waals surface area contributed by atoms with Gasteiger partial charge >= 0.3 is 0 Å². The summed E-state index contributed by atoms with van der Waals surface area (Å²) in [7, 11) is 0. The molecule has 1 N–H and O–H groups in total. The lowest BCUT2D eigenvalue weighted by Crippen LogP contribution is -2.27. The molecule has 8 heteroatoms. The lowest BCUT2D eigenvalue weighted by atomic mass is 10.0. The molecule has 0 spiro atoms. The molecule has 0 fully saturated rings. The molecule has 0 saturated carbocycles. The Morgan fingerprint density at radius 1 is 0.857 bits per heavy atom. The number of fused-ring (bicyclic) bond motifs is 3. The quantitative estimate of drug-likeness (QED) is 0.663. The number of para-hydroxylation sites is 1. The molecule has 0 atom stereocenters. The summed E-state index contributed by atoms with van der Waals surface area (Å²) in [5, 5.41) is 19.9. The van der Waals surface area contributed by atoms with E-state index in [4.69, 9.17) is 0 Å². The molecule has 2 aliphatic rings. The van der Waals surface area contributed by atoms with Gasteiger partial charge in [-0.1, -0.05) is 48.5 Å². The van der Waals surface area contributed by atoms with Crippen molar-refractivity contribution in [1.82, 2.24) is 0 Å². The summed E-state index contributed by atoms with van der Waals surface area (Å²) in [6, 6.07) is 18.8. The monoisotopic (exact) mass is 370 g/mol. The molecule has 0 bridgehead atoms. The van der Waals surface area contributed by atoms with E-state index in [-0.39, 0.29) is 18.2 Å². The van der Waals surface area contributed by atoms with Crippen molar-refractivity contribution >= 4 is 39.6 Å². The van der Waals surface area contributed by atoms with E-state index in [9.17, 15) is 9.59 Å². The second-order valence-electron chi connectivity index (χ2n) is 6.48. The summed E-state index contributed by atoms with van der Waals surface area (Å²) in [6.07, 6.45) is -0.870. The van der Waals surface area contributed by atoms with Crippen molar-refractivity contribution in [1.29, 1.82) is 0 Å². The summed E-state index contributed by atoms with van der Waals surface area (Å²) in [5.74, 6) is -0.673. The van der Waals surface area contributed by atoms with E-state index in [1.54, 1.807) is 4.90 Å². The van der Waals surface area contributed by atoms with Crippen molar-refractivity contribution in [2.45, 2.75) is 12.6 Å². The topological polar surface area (TPSA) is 98.9 Å². The SMILES string of the molecule is O=C1CC(=O)N(c2ccccc2C2N=NN=N2)c2ccc3ccccc3c2N1. The normalized spacial score (nSPS) is 16.4. The van der Waals surface area contributed by atoms with Crippen molar-refractivity contribution in [3.63, 3.8) is 0 Å². The molecule has 0 aromatic heterocycles. The third kappa shape index (κ3) is 2.54. The highest BCUT2D eigenvalue weighted by Gasteiger charge is 2.31. The van der Waals surface area contributed by atoms with Gasteiger partial charge in [0.25, 0.3) is 0 Å². The molecule has 2 amide bonds. The van der Waals surface area contributed by atoms with Crippen LogP contribution in [0.25, 0.3) is 10.8 Å². The number of carbonyl (C=O) groups is 2. The van der Waals surface area contributed by atoms with Crippen molar-refractivity contribution < 1.29 is 9.59 Å². The fourth-order valence-electron chi connectivity index (χ4n) is 3.58. The molecule has 0 unspecified atom stereocenters. The second-order valence-corrected chi connectivity index (χ2v) is 6.48. The van der Waals surface area contributed by atoms with E-state index < -0.39 is 6.17 Å². The molecule has 0 saturated heterocycles. The van der Waals surface area contributed by atoms with Gasteiger partial charge in [-0.25, -0.2) is 0 Å². The average molecular weight is 370 g/mol. The van der Waals surface area contributed by atoms with Gasteiger partial charge in [-0.2, -0.15) is 0 Å². The standard InChI is InChI=1S/C20H14N6O2/c27-17-11-18(28)26(15-8-4-3-7-14(15)20-22-24-25-23-20)16-10-9-12-5-1-2-6-13(12)19(16)21-17/h1-10,20H,11H2,(H,21,27). The van der Waals surface area contributed by atoms with Crippen molar-refractivity contribution in [3.8, 4) is 0 Å². The fourth-order valence-corrected chi connectivity index (χ4v) is 3.58. The minimum atomic E-state index is -0.611. The van der Waals surface area contributed by atoms with Crippen LogP contribution in [0.1, 0.15) is 18.2 Å². The molecule has 28 heavy (non-hydrogen) atoms. The summed E-state index contributed by atoms with van der Waals surface area (Å²) < 4.78 is 0. The Labute approximate surface area is 159 Å². The maximum Gasteiger partial charge on any atom is 0.241 e. The van der Waals surface area contributed by atoms with Crippen molar-refractivity contribution in [2.75, 3.05) is 10.2 Å². The Balaban J connectivity index is 1.76. The number of rotatable bonds is 2. The number of carbonyl (C=O) groups excluding carboxylic acids is 2. The molecule has 3 aromatic carbocycles. The first-order chi connectivity index (χ1) is 13.7. The van der Waals surface area contributed by atoms with Crippen LogP contribution in [0.2, 0.25) is 0 Å². The Bertz CT molecular complexity index is 1170. The third-order valence-corrected chi connectivity index (χ3v) is 4.79. The number of benzene rings is 3. The van der Waals surface area contributed by atoms with Crippen LogP contribution in [0.3, 0.4) is 0 Å². The van der Waals surface area contributed by atoms with Gasteiger partial charge in [-0.3, -0.25) is 14.5 Å². The largest absolute Gasteiger partial charge is 0.323 e. The lowest BCUT2D eigenvalue weighted by molar-refractivity contribution is -0.124. The maximum atomic E-state index is 13.0. The van der Waals surface area contributed by atoms with Crippen LogP contribution in [-0.2, 0) is 9.59 Å². The van der Waals surface area contributed by atoms with E-state index in [1.807, 2.05) is 60.7 Å². The van der Waals surface area contributed by atoms with Crippen LogP contribution in [0.4, 0.5) is 17.1 Å². The fraction of sp³-hybridized carbons (Fsp3) is 0.100. The molecule has 5 rings (SSSR count). The van der Waals surface area contributed by atoms with Crippen LogP contribution in [-0.4, -0.2) is 11.8 Å². The zero-order chi connectivity index (χ0) is 19.1. The number of hydrogen-bond acceptors (Lipinski definition) is 6. The van der Waals surface area contributed by atoms with Gasteiger partial charge < -0.3 is 5.32 Å². The molecule has 2 heterocycles. The highest BCUT2D eigenvalue weighted by atomic mass is 16.2. The highest BCUT2D eigenvalue weighted by molar-refractivity contribution is 6.21. The third-order valence-electron chi connectivity index (χ3n) is 4.79. The van der Waals surface area contributed by atoms with Gasteiger partial charge in [0, 0.05) is 10.9 Å². The van der Waals surface area contributed by atoms with Crippen LogP contribution < -0.4 is 10.2 Å². The minimum Gasteiger partial charge on any atom is -0.323 e. The summed E-state index contributed by atoms with van der Waals surface area (Å²) in [4.78, 5) is 27.0. The molecule has 8 nitrogen and oxygen atoms in total. The van der Waals surface area contributed by atoms with Gasteiger partial charge in [-0.15, -0.1) is 10.2 Å². The van der Waals surface area contributed by atoms with Gasteiger partial charge in [0.1, 0.15) is 6.42 Å². The predicted octanol–water partition coefficient (Wildman–Crippen LogP) is 4.68. The smallest absolute Gasteiger partial charge is 0.241 e. The first kappa shape index (κ1) is 16.2. The number of nitrogens with zero attached hydrogens (tertiary/aromatic N) is 5. The number of amides is 2. The van der Waals surface area contributed by atoms with Crippen molar-refractivity contribution in [3.05, 3.63) is 66.2 Å². The van der Waals surface area contributed by atoms with Crippen LogP contribution in [0, 0.1) is 0 Å². The zero-order valence-electron chi connectivity index (χ0n) is 14.6. The van der Waals surface area contributed by atoms with E-state index in [1.165, 1.54) is 0 Å². The maximum absolute atomic E-state index is 13.0.